The van der Waals surface area contributed by atoms with Crippen molar-refractivity contribution in [2.24, 2.45) is 0 Å². The molecule has 0 saturated carbocycles. The van der Waals surface area contributed by atoms with Gasteiger partial charge in [-0.15, -0.1) is 0 Å². The first-order chi connectivity index (χ1) is 10.1. The maximum Gasteiger partial charge on any atom is 0.165 e. The lowest BCUT2D eigenvalue weighted by Gasteiger charge is -2.16. The fraction of sp³-hybridized carbons (Fsp3) is 0.278. The van der Waals surface area contributed by atoms with Gasteiger partial charge in [0.2, 0.25) is 0 Å². The number of hydrogen-bond acceptors (Lipinski definition) is 2. The monoisotopic (exact) mass is 301 g/mol. The minimum absolute atomic E-state index is 0.0938. The molecule has 0 bridgehead atoms. The summed E-state index contributed by atoms with van der Waals surface area (Å²) in [4.78, 5) is 14.3. The van der Waals surface area contributed by atoms with E-state index in [2.05, 4.69) is 36.1 Å². The summed E-state index contributed by atoms with van der Waals surface area (Å²) in [6.07, 6.45) is 0.478. The van der Waals surface area contributed by atoms with Crippen LogP contribution in [0.4, 0.5) is 0 Å². The summed E-state index contributed by atoms with van der Waals surface area (Å²) in [7, 11) is 2.03. The average molecular weight is 302 g/mol. The number of ketones is 1. The van der Waals surface area contributed by atoms with Crippen molar-refractivity contribution in [3.8, 4) is 0 Å². The molecule has 0 aromatic heterocycles. The van der Waals surface area contributed by atoms with Gasteiger partial charge in [-0.2, -0.15) is 0 Å². The molecule has 0 amide bonds. The first kappa shape index (κ1) is 15.7. The predicted octanol–water partition coefficient (Wildman–Crippen LogP) is 4.35. The van der Waals surface area contributed by atoms with Gasteiger partial charge >= 0.3 is 0 Å². The zero-order valence-corrected chi connectivity index (χ0v) is 13.2. The Hall–Kier alpha value is -1.64. The molecule has 0 saturated heterocycles. The molecule has 0 radical (unpaired) electrons. The van der Waals surface area contributed by atoms with Crippen LogP contribution in [0.25, 0.3) is 0 Å². The standard InChI is InChI=1S/C18H20ClNO/c1-14-7-9-15(10-8-14)13-20(2)12-11-18(21)16-5-3-4-6-17(16)19/h3-10H,11-13H2,1-2H3. The van der Waals surface area contributed by atoms with E-state index in [1.54, 1.807) is 12.1 Å². The molecule has 0 atom stereocenters. The van der Waals surface area contributed by atoms with Gasteiger partial charge in [-0.1, -0.05) is 53.6 Å². The van der Waals surface area contributed by atoms with Gasteiger partial charge in [0, 0.05) is 25.1 Å². The van der Waals surface area contributed by atoms with Crippen molar-refractivity contribution < 1.29 is 4.79 Å². The highest BCUT2D eigenvalue weighted by molar-refractivity contribution is 6.33. The van der Waals surface area contributed by atoms with Crippen LogP contribution in [0.15, 0.2) is 48.5 Å². The molecule has 110 valence electrons. The number of aryl methyl sites for hydroxylation is 1. The number of halogens is 1. The smallest absolute Gasteiger partial charge is 0.165 e. The number of hydrogen-bond donors (Lipinski definition) is 0. The second kappa shape index (κ2) is 7.39. The van der Waals surface area contributed by atoms with E-state index in [9.17, 15) is 4.79 Å². The molecular weight excluding hydrogens is 282 g/mol. The van der Waals surface area contributed by atoms with Crippen molar-refractivity contribution in [2.75, 3.05) is 13.6 Å². The van der Waals surface area contributed by atoms with Gasteiger partial charge in [-0.05, 0) is 31.7 Å². The van der Waals surface area contributed by atoms with Gasteiger partial charge in [0.1, 0.15) is 0 Å². The fourth-order valence-corrected chi connectivity index (χ4v) is 2.44. The van der Waals surface area contributed by atoms with E-state index >= 15 is 0 Å². The van der Waals surface area contributed by atoms with Crippen molar-refractivity contribution in [1.29, 1.82) is 0 Å². The first-order valence-corrected chi connectivity index (χ1v) is 7.46. The lowest BCUT2D eigenvalue weighted by atomic mass is 10.1. The van der Waals surface area contributed by atoms with Gasteiger partial charge in [0.25, 0.3) is 0 Å². The first-order valence-electron chi connectivity index (χ1n) is 7.08. The van der Waals surface area contributed by atoms with E-state index in [1.807, 2.05) is 19.2 Å². The van der Waals surface area contributed by atoms with Crippen LogP contribution >= 0.6 is 11.6 Å². The molecule has 2 aromatic carbocycles. The summed E-state index contributed by atoms with van der Waals surface area (Å²) >= 11 is 6.04. The van der Waals surface area contributed by atoms with E-state index in [0.717, 1.165) is 13.1 Å². The number of Topliss-reactive ketones (excluding diaryl/α,β-unsaturated/α-hetero) is 1. The Balaban J connectivity index is 1.86. The van der Waals surface area contributed by atoms with Crippen LogP contribution in [-0.4, -0.2) is 24.3 Å². The molecule has 0 unspecified atom stereocenters. The van der Waals surface area contributed by atoms with Crippen LogP contribution in [0.3, 0.4) is 0 Å². The molecule has 21 heavy (non-hydrogen) atoms. The van der Waals surface area contributed by atoms with Crippen molar-refractivity contribution >= 4 is 17.4 Å². The summed E-state index contributed by atoms with van der Waals surface area (Å²) in [5.74, 6) is 0.0938. The minimum Gasteiger partial charge on any atom is -0.302 e. The van der Waals surface area contributed by atoms with Crippen LogP contribution < -0.4 is 0 Å². The maximum atomic E-state index is 12.2. The van der Waals surface area contributed by atoms with Crippen LogP contribution in [0, 0.1) is 6.92 Å². The number of benzene rings is 2. The van der Waals surface area contributed by atoms with E-state index in [0.29, 0.717) is 17.0 Å². The Morgan fingerprint density at radius 2 is 1.76 bits per heavy atom. The maximum absolute atomic E-state index is 12.2. The van der Waals surface area contributed by atoms with Gasteiger partial charge in [-0.25, -0.2) is 0 Å². The third kappa shape index (κ3) is 4.69. The fourth-order valence-electron chi connectivity index (χ4n) is 2.20. The predicted molar refractivity (Wildman–Crippen MR) is 87.9 cm³/mol. The van der Waals surface area contributed by atoms with Gasteiger partial charge in [0.05, 0.1) is 5.02 Å². The Morgan fingerprint density at radius 1 is 1.10 bits per heavy atom. The van der Waals surface area contributed by atoms with E-state index < -0.39 is 0 Å². The summed E-state index contributed by atoms with van der Waals surface area (Å²) < 4.78 is 0. The lowest BCUT2D eigenvalue weighted by molar-refractivity contribution is 0.0968. The van der Waals surface area contributed by atoms with Crippen molar-refractivity contribution in [1.82, 2.24) is 4.90 Å². The van der Waals surface area contributed by atoms with Crippen LogP contribution in [0.1, 0.15) is 27.9 Å². The topological polar surface area (TPSA) is 20.3 Å². The molecule has 0 spiro atoms. The molecule has 2 rings (SSSR count). The quantitative estimate of drug-likeness (QED) is 0.739. The average Bonchev–Trinajstić information content (AvgIpc) is 2.48. The van der Waals surface area contributed by atoms with Crippen molar-refractivity contribution in [3.63, 3.8) is 0 Å². The molecule has 3 heteroatoms. The second-order valence-electron chi connectivity index (χ2n) is 5.38. The molecule has 2 nitrogen and oxygen atoms in total. The molecule has 0 fully saturated rings. The molecule has 0 heterocycles. The Morgan fingerprint density at radius 3 is 2.43 bits per heavy atom. The third-order valence-electron chi connectivity index (χ3n) is 3.47. The zero-order valence-electron chi connectivity index (χ0n) is 12.5. The third-order valence-corrected chi connectivity index (χ3v) is 3.80. The largest absolute Gasteiger partial charge is 0.302 e. The van der Waals surface area contributed by atoms with E-state index in [-0.39, 0.29) is 5.78 Å². The van der Waals surface area contributed by atoms with E-state index in [1.165, 1.54) is 11.1 Å². The highest BCUT2D eigenvalue weighted by Gasteiger charge is 2.10. The van der Waals surface area contributed by atoms with Gasteiger partial charge < -0.3 is 4.90 Å². The number of carbonyl (C=O) groups excluding carboxylic acids is 1. The summed E-state index contributed by atoms with van der Waals surface area (Å²) in [5.41, 5.74) is 3.13. The Bertz CT molecular complexity index is 607. The molecule has 0 aliphatic carbocycles. The molecular formula is C18H20ClNO. The zero-order chi connectivity index (χ0) is 15.2. The Kier molecular flexibility index (Phi) is 5.54. The Labute approximate surface area is 131 Å². The second-order valence-corrected chi connectivity index (χ2v) is 5.78. The molecule has 2 aromatic rings. The van der Waals surface area contributed by atoms with Crippen LogP contribution in [-0.2, 0) is 6.54 Å². The highest BCUT2D eigenvalue weighted by Crippen LogP contribution is 2.17. The lowest BCUT2D eigenvalue weighted by Crippen LogP contribution is -2.21. The molecule has 0 N–H and O–H groups in total. The van der Waals surface area contributed by atoms with E-state index in [4.69, 9.17) is 11.6 Å². The van der Waals surface area contributed by atoms with Crippen molar-refractivity contribution in [3.05, 3.63) is 70.2 Å². The van der Waals surface area contributed by atoms with Gasteiger partial charge in [-0.3, -0.25) is 4.79 Å². The van der Waals surface area contributed by atoms with Crippen LogP contribution in [0.5, 0.6) is 0 Å². The van der Waals surface area contributed by atoms with Crippen LogP contribution in [0.2, 0.25) is 5.02 Å². The SMILES string of the molecule is Cc1ccc(CN(C)CCC(=O)c2ccccc2Cl)cc1. The van der Waals surface area contributed by atoms with Crippen molar-refractivity contribution in [2.45, 2.75) is 19.9 Å². The number of rotatable bonds is 6. The molecule has 0 aliphatic rings. The highest BCUT2D eigenvalue weighted by atomic mass is 35.5. The number of nitrogens with zero attached hydrogens (tertiary/aromatic N) is 1. The summed E-state index contributed by atoms with van der Waals surface area (Å²) in [5, 5.41) is 0.531. The summed E-state index contributed by atoms with van der Waals surface area (Å²) in [6.45, 7) is 3.64. The minimum atomic E-state index is 0.0938. The normalized spacial score (nSPS) is 10.9. The molecule has 0 aliphatic heterocycles. The number of carbonyl (C=O) groups is 1. The summed E-state index contributed by atoms with van der Waals surface area (Å²) in [6, 6.07) is 15.7. The van der Waals surface area contributed by atoms with Gasteiger partial charge in [0.15, 0.2) is 5.78 Å².